The molecule has 0 spiro atoms. The van der Waals surface area contributed by atoms with Crippen LogP contribution < -0.4 is 11.1 Å². The van der Waals surface area contributed by atoms with Crippen molar-refractivity contribution < 1.29 is 9.90 Å². The summed E-state index contributed by atoms with van der Waals surface area (Å²) in [5.41, 5.74) is 5.20. The Morgan fingerprint density at radius 1 is 1.44 bits per heavy atom. The summed E-state index contributed by atoms with van der Waals surface area (Å²) in [4.78, 5) is 12.3. The highest BCUT2D eigenvalue weighted by Gasteiger charge is 2.40. The highest BCUT2D eigenvalue weighted by Crippen LogP contribution is 2.38. The van der Waals surface area contributed by atoms with Crippen LogP contribution in [0.1, 0.15) is 46.5 Å². The first-order valence-corrected chi connectivity index (χ1v) is 6.94. The summed E-state index contributed by atoms with van der Waals surface area (Å²) in [5, 5.41) is 12.2. The maximum absolute atomic E-state index is 12.3. The number of rotatable bonds is 5. The molecule has 18 heavy (non-hydrogen) atoms. The van der Waals surface area contributed by atoms with Gasteiger partial charge in [0.2, 0.25) is 5.91 Å². The second-order valence-electron chi connectivity index (χ2n) is 6.67. The van der Waals surface area contributed by atoms with Crippen molar-refractivity contribution in [2.45, 2.75) is 46.5 Å². The molecule has 1 amide bonds. The number of carbonyl (C=O) groups excluding carboxylic acids is 1. The summed E-state index contributed by atoms with van der Waals surface area (Å²) in [6, 6.07) is 0. The fraction of sp³-hybridized carbons (Fsp3) is 0.929. The third-order valence-corrected chi connectivity index (χ3v) is 4.26. The Bertz CT molecular complexity index is 282. The molecule has 0 saturated heterocycles. The average Bonchev–Trinajstić information content (AvgIpc) is 2.37. The zero-order chi connectivity index (χ0) is 13.8. The van der Waals surface area contributed by atoms with Crippen LogP contribution in [-0.4, -0.2) is 30.7 Å². The molecule has 0 aromatic carbocycles. The lowest BCUT2D eigenvalue weighted by Gasteiger charge is -2.38. The molecule has 0 bridgehead atoms. The van der Waals surface area contributed by atoms with E-state index in [2.05, 4.69) is 12.2 Å². The van der Waals surface area contributed by atoms with Crippen molar-refractivity contribution in [3.63, 3.8) is 0 Å². The van der Waals surface area contributed by atoms with Gasteiger partial charge in [-0.05, 0) is 31.6 Å². The second-order valence-corrected chi connectivity index (χ2v) is 6.67. The number of aliphatic hydroxyl groups excluding tert-OH is 1. The van der Waals surface area contributed by atoms with Crippen LogP contribution in [0.25, 0.3) is 0 Å². The first kappa shape index (κ1) is 15.4. The first-order chi connectivity index (χ1) is 8.35. The third kappa shape index (κ3) is 3.69. The molecule has 0 unspecified atom stereocenters. The minimum Gasteiger partial charge on any atom is -0.396 e. The molecule has 1 fully saturated rings. The van der Waals surface area contributed by atoms with Gasteiger partial charge in [-0.15, -0.1) is 0 Å². The van der Waals surface area contributed by atoms with E-state index in [1.165, 1.54) is 0 Å². The van der Waals surface area contributed by atoms with E-state index in [0.29, 0.717) is 19.0 Å². The van der Waals surface area contributed by atoms with Crippen molar-refractivity contribution in [2.24, 2.45) is 22.5 Å². The number of nitrogens with two attached hydrogens (primary N) is 1. The van der Waals surface area contributed by atoms with Crippen LogP contribution in [0.15, 0.2) is 0 Å². The lowest BCUT2D eigenvalue weighted by molar-refractivity contribution is -0.133. The van der Waals surface area contributed by atoms with Crippen molar-refractivity contribution in [1.29, 1.82) is 0 Å². The van der Waals surface area contributed by atoms with Gasteiger partial charge in [0.05, 0.1) is 5.41 Å². The Hall–Kier alpha value is -0.610. The molecular formula is C14H28N2O2. The molecule has 1 aliphatic rings. The average molecular weight is 256 g/mol. The van der Waals surface area contributed by atoms with Crippen molar-refractivity contribution in [3.8, 4) is 0 Å². The Labute approximate surface area is 110 Å². The fourth-order valence-electron chi connectivity index (χ4n) is 2.40. The Balaban J connectivity index is 2.57. The molecule has 0 aromatic heterocycles. The zero-order valence-electron chi connectivity index (χ0n) is 12.0. The number of carbonyl (C=O) groups is 1. The standard InChI is InChI=1S/C14H28N2O2/c1-11-4-6-14(8-15,7-5-11)12(18)16-9-13(2,3)10-17/h11,17H,4-10,15H2,1-3H3,(H,16,18). The van der Waals surface area contributed by atoms with Crippen molar-refractivity contribution in [3.05, 3.63) is 0 Å². The van der Waals surface area contributed by atoms with Crippen molar-refractivity contribution in [1.82, 2.24) is 5.32 Å². The molecule has 106 valence electrons. The van der Waals surface area contributed by atoms with E-state index < -0.39 is 0 Å². The van der Waals surface area contributed by atoms with E-state index in [9.17, 15) is 9.90 Å². The summed E-state index contributed by atoms with van der Waals surface area (Å²) in [6.07, 6.45) is 3.92. The van der Waals surface area contributed by atoms with Gasteiger partial charge >= 0.3 is 0 Å². The van der Waals surface area contributed by atoms with Crippen LogP contribution in [0.3, 0.4) is 0 Å². The number of amides is 1. The van der Waals surface area contributed by atoms with Gasteiger partial charge in [0, 0.05) is 25.1 Å². The van der Waals surface area contributed by atoms with Crippen molar-refractivity contribution >= 4 is 5.91 Å². The molecule has 0 radical (unpaired) electrons. The number of aliphatic hydroxyl groups is 1. The van der Waals surface area contributed by atoms with E-state index in [1.807, 2.05) is 13.8 Å². The Kier molecular flexibility index (Phi) is 5.17. The van der Waals surface area contributed by atoms with Crippen LogP contribution in [-0.2, 0) is 4.79 Å². The number of hydrogen-bond donors (Lipinski definition) is 3. The monoisotopic (exact) mass is 256 g/mol. The van der Waals surface area contributed by atoms with Crippen LogP contribution >= 0.6 is 0 Å². The molecule has 1 saturated carbocycles. The van der Waals surface area contributed by atoms with E-state index in [-0.39, 0.29) is 23.3 Å². The van der Waals surface area contributed by atoms with Gasteiger partial charge in [-0.3, -0.25) is 4.79 Å². The largest absolute Gasteiger partial charge is 0.396 e. The molecule has 0 heterocycles. The van der Waals surface area contributed by atoms with Crippen LogP contribution in [0.4, 0.5) is 0 Å². The minimum atomic E-state index is -0.377. The van der Waals surface area contributed by atoms with Gasteiger partial charge in [-0.25, -0.2) is 0 Å². The summed E-state index contributed by atoms with van der Waals surface area (Å²) in [5.74, 6) is 0.768. The highest BCUT2D eigenvalue weighted by molar-refractivity contribution is 5.83. The Morgan fingerprint density at radius 2 is 2.00 bits per heavy atom. The topological polar surface area (TPSA) is 75.4 Å². The van der Waals surface area contributed by atoms with Crippen molar-refractivity contribution in [2.75, 3.05) is 19.7 Å². The molecule has 0 aromatic rings. The van der Waals surface area contributed by atoms with E-state index in [1.54, 1.807) is 0 Å². The number of hydrogen-bond acceptors (Lipinski definition) is 3. The summed E-state index contributed by atoms with van der Waals surface area (Å²) < 4.78 is 0. The highest BCUT2D eigenvalue weighted by atomic mass is 16.3. The maximum atomic E-state index is 12.3. The van der Waals surface area contributed by atoms with E-state index in [0.717, 1.165) is 25.7 Å². The maximum Gasteiger partial charge on any atom is 0.227 e. The zero-order valence-corrected chi connectivity index (χ0v) is 12.0. The normalized spacial score (nSPS) is 29.1. The third-order valence-electron chi connectivity index (χ3n) is 4.26. The van der Waals surface area contributed by atoms with E-state index in [4.69, 9.17) is 5.73 Å². The molecule has 4 nitrogen and oxygen atoms in total. The lowest BCUT2D eigenvalue weighted by Crippen LogP contribution is -2.50. The predicted octanol–water partition coefficient (Wildman–Crippen LogP) is 1.28. The minimum absolute atomic E-state index is 0.0680. The molecule has 1 aliphatic carbocycles. The quantitative estimate of drug-likeness (QED) is 0.693. The fourth-order valence-corrected chi connectivity index (χ4v) is 2.40. The first-order valence-electron chi connectivity index (χ1n) is 6.94. The van der Waals surface area contributed by atoms with Gasteiger partial charge in [0.1, 0.15) is 0 Å². The number of nitrogens with one attached hydrogen (secondary N) is 1. The van der Waals surface area contributed by atoms with Gasteiger partial charge in [0.15, 0.2) is 0 Å². The van der Waals surface area contributed by atoms with Gasteiger partial charge in [0.25, 0.3) is 0 Å². The molecule has 1 rings (SSSR count). The molecule has 0 aliphatic heterocycles. The van der Waals surface area contributed by atoms with Crippen LogP contribution in [0, 0.1) is 16.7 Å². The van der Waals surface area contributed by atoms with Crippen LogP contribution in [0.5, 0.6) is 0 Å². The summed E-state index contributed by atoms with van der Waals surface area (Å²) >= 11 is 0. The van der Waals surface area contributed by atoms with Gasteiger partial charge in [-0.1, -0.05) is 20.8 Å². The second kappa shape index (κ2) is 6.02. The summed E-state index contributed by atoms with van der Waals surface area (Å²) in [7, 11) is 0. The van der Waals surface area contributed by atoms with Gasteiger partial charge in [-0.2, -0.15) is 0 Å². The molecular weight excluding hydrogens is 228 g/mol. The Morgan fingerprint density at radius 3 is 2.44 bits per heavy atom. The summed E-state index contributed by atoms with van der Waals surface area (Å²) in [6.45, 7) is 7.09. The molecule has 4 heteroatoms. The smallest absolute Gasteiger partial charge is 0.227 e. The van der Waals surface area contributed by atoms with Crippen LogP contribution in [0.2, 0.25) is 0 Å². The predicted molar refractivity (Wildman–Crippen MR) is 73.0 cm³/mol. The SMILES string of the molecule is CC1CCC(CN)(C(=O)NCC(C)(C)CO)CC1. The molecule has 4 N–H and O–H groups in total. The molecule has 0 atom stereocenters. The van der Waals surface area contributed by atoms with E-state index >= 15 is 0 Å². The van der Waals surface area contributed by atoms with Gasteiger partial charge < -0.3 is 16.2 Å². The lowest BCUT2D eigenvalue weighted by atomic mass is 9.70.